The molecule has 0 bridgehead atoms. The fourth-order valence-corrected chi connectivity index (χ4v) is 2.48. The lowest BCUT2D eigenvalue weighted by Crippen LogP contribution is -2.20. The molecule has 0 aliphatic heterocycles. The second kappa shape index (κ2) is 9.53. The molecule has 144 valence electrons. The summed E-state index contributed by atoms with van der Waals surface area (Å²) in [5.74, 6) is 0.547. The van der Waals surface area contributed by atoms with Crippen molar-refractivity contribution >= 4 is 34.9 Å². The fourth-order valence-electron chi connectivity index (χ4n) is 2.38. The molecule has 0 fully saturated rings. The average Bonchev–Trinajstić information content (AvgIpc) is 2.67. The van der Waals surface area contributed by atoms with Gasteiger partial charge in [-0.05, 0) is 60.9 Å². The lowest BCUT2D eigenvalue weighted by molar-refractivity contribution is -0.118. The standard InChI is InChI=1S/C21H21N3O3S/c1-13-4-6-17(8-14(13)2)24-20(25)12-27-18-7-5-15(10-19(18)26-3)9-16(11-22)21(23)28/h4-10H,12H2,1-3H3,(H2,23,28)(H,24,25). The second-order valence-corrected chi connectivity index (χ2v) is 6.52. The van der Waals surface area contributed by atoms with Gasteiger partial charge in [-0.15, -0.1) is 0 Å². The summed E-state index contributed by atoms with van der Waals surface area (Å²) in [4.78, 5) is 12.2. The number of nitrogens with one attached hydrogen (secondary N) is 1. The highest BCUT2D eigenvalue weighted by Gasteiger charge is 2.10. The van der Waals surface area contributed by atoms with Crippen molar-refractivity contribution in [3.05, 3.63) is 58.7 Å². The number of nitriles is 1. The van der Waals surface area contributed by atoms with Gasteiger partial charge in [0.15, 0.2) is 18.1 Å². The smallest absolute Gasteiger partial charge is 0.262 e. The third-order valence-electron chi connectivity index (χ3n) is 4.03. The van der Waals surface area contributed by atoms with E-state index in [9.17, 15) is 4.79 Å². The quantitative estimate of drug-likeness (QED) is 0.423. The Kier molecular flexibility index (Phi) is 7.13. The van der Waals surface area contributed by atoms with Gasteiger partial charge in [0, 0.05) is 5.69 Å². The molecule has 7 heteroatoms. The predicted molar refractivity (Wildman–Crippen MR) is 113 cm³/mol. The van der Waals surface area contributed by atoms with Gasteiger partial charge in [-0.3, -0.25) is 4.79 Å². The Hall–Kier alpha value is -3.37. The molecule has 2 aromatic carbocycles. The van der Waals surface area contributed by atoms with Crippen molar-refractivity contribution in [2.75, 3.05) is 19.0 Å². The van der Waals surface area contributed by atoms with E-state index in [1.807, 2.05) is 38.1 Å². The number of thiocarbonyl (C=S) groups is 1. The predicted octanol–water partition coefficient (Wildman–Crippen LogP) is 3.52. The van der Waals surface area contributed by atoms with E-state index in [-0.39, 0.29) is 23.1 Å². The van der Waals surface area contributed by atoms with Crippen LogP contribution in [0.3, 0.4) is 0 Å². The van der Waals surface area contributed by atoms with Crippen LogP contribution in [0.25, 0.3) is 6.08 Å². The molecule has 0 saturated carbocycles. The van der Waals surface area contributed by atoms with Crippen molar-refractivity contribution < 1.29 is 14.3 Å². The van der Waals surface area contributed by atoms with Crippen LogP contribution in [0.2, 0.25) is 0 Å². The number of hydrogen-bond donors (Lipinski definition) is 2. The van der Waals surface area contributed by atoms with Gasteiger partial charge in [0.05, 0.1) is 12.7 Å². The molecule has 0 spiro atoms. The molecular formula is C21H21N3O3S. The molecular weight excluding hydrogens is 374 g/mol. The molecule has 0 heterocycles. The van der Waals surface area contributed by atoms with Crippen molar-refractivity contribution in [3.63, 3.8) is 0 Å². The molecule has 2 rings (SSSR count). The minimum absolute atomic E-state index is 0.0183. The third-order valence-corrected chi connectivity index (χ3v) is 4.25. The van der Waals surface area contributed by atoms with Crippen molar-refractivity contribution in [1.82, 2.24) is 0 Å². The van der Waals surface area contributed by atoms with Crippen LogP contribution in [0.4, 0.5) is 5.69 Å². The number of ether oxygens (including phenoxy) is 2. The number of carbonyl (C=O) groups is 1. The highest BCUT2D eigenvalue weighted by Crippen LogP contribution is 2.29. The maximum absolute atomic E-state index is 12.2. The molecule has 6 nitrogen and oxygen atoms in total. The zero-order chi connectivity index (χ0) is 20.7. The first-order chi connectivity index (χ1) is 13.3. The van der Waals surface area contributed by atoms with Crippen LogP contribution >= 0.6 is 12.2 Å². The van der Waals surface area contributed by atoms with Gasteiger partial charge in [0.25, 0.3) is 5.91 Å². The number of aryl methyl sites for hydroxylation is 2. The number of nitrogens with zero attached hydrogens (tertiary/aromatic N) is 1. The van der Waals surface area contributed by atoms with E-state index < -0.39 is 0 Å². The number of nitrogens with two attached hydrogens (primary N) is 1. The van der Waals surface area contributed by atoms with Gasteiger partial charge in [-0.2, -0.15) is 5.26 Å². The first-order valence-corrected chi connectivity index (χ1v) is 8.84. The van der Waals surface area contributed by atoms with Crippen LogP contribution in [0.15, 0.2) is 42.0 Å². The summed E-state index contributed by atoms with van der Waals surface area (Å²) in [6.07, 6.45) is 1.56. The molecule has 0 saturated heterocycles. The van der Waals surface area contributed by atoms with Crippen LogP contribution in [0.1, 0.15) is 16.7 Å². The second-order valence-electron chi connectivity index (χ2n) is 6.08. The van der Waals surface area contributed by atoms with Gasteiger partial charge in [0.1, 0.15) is 11.1 Å². The summed E-state index contributed by atoms with van der Waals surface area (Å²) in [7, 11) is 1.49. The zero-order valence-corrected chi connectivity index (χ0v) is 16.7. The van der Waals surface area contributed by atoms with Gasteiger partial charge in [-0.1, -0.05) is 24.4 Å². The molecule has 1 amide bonds. The van der Waals surface area contributed by atoms with Crippen molar-refractivity contribution in [2.45, 2.75) is 13.8 Å². The van der Waals surface area contributed by atoms with E-state index in [1.165, 1.54) is 7.11 Å². The van der Waals surface area contributed by atoms with Crippen molar-refractivity contribution in [3.8, 4) is 17.6 Å². The van der Waals surface area contributed by atoms with Crippen LogP contribution in [-0.4, -0.2) is 24.6 Å². The SMILES string of the molecule is COc1cc(C=C(C#N)C(N)=S)ccc1OCC(=O)Nc1ccc(C)c(C)c1. The van der Waals surface area contributed by atoms with Gasteiger partial charge >= 0.3 is 0 Å². The number of benzene rings is 2. The minimum atomic E-state index is -0.283. The molecule has 0 aliphatic carbocycles. The van der Waals surface area contributed by atoms with Crippen LogP contribution in [0, 0.1) is 25.2 Å². The van der Waals surface area contributed by atoms with Gasteiger partial charge < -0.3 is 20.5 Å². The first kappa shape index (κ1) is 20.9. The van der Waals surface area contributed by atoms with Crippen LogP contribution in [-0.2, 0) is 4.79 Å². The molecule has 3 N–H and O–H groups in total. The fraction of sp³-hybridized carbons (Fsp3) is 0.190. The Balaban J connectivity index is 2.07. The van der Waals surface area contributed by atoms with E-state index in [0.717, 1.165) is 11.1 Å². The summed E-state index contributed by atoms with van der Waals surface area (Å²) in [5, 5.41) is 11.8. The summed E-state index contributed by atoms with van der Waals surface area (Å²) in [6.45, 7) is 3.82. The monoisotopic (exact) mass is 395 g/mol. The molecule has 0 atom stereocenters. The normalized spacial score (nSPS) is 10.7. The number of rotatable bonds is 7. The number of methoxy groups -OCH3 is 1. The minimum Gasteiger partial charge on any atom is -0.493 e. The van der Waals surface area contributed by atoms with E-state index in [4.69, 9.17) is 32.7 Å². The van der Waals surface area contributed by atoms with Crippen molar-refractivity contribution in [2.24, 2.45) is 5.73 Å². The zero-order valence-electron chi connectivity index (χ0n) is 15.9. The Morgan fingerprint density at radius 3 is 2.57 bits per heavy atom. The van der Waals surface area contributed by atoms with E-state index in [2.05, 4.69) is 5.32 Å². The first-order valence-electron chi connectivity index (χ1n) is 8.43. The lowest BCUT2D eigenvalue weighted by atomic mass is 10.1. The van der Waals surface area contributed by atoms with Crippen LogP contribution in [0.5, 0.6) is 11.5 Å². The molecule has 0 aromatic heterocycles. The number of carbonyl (C=O) groups excluding carboxylic acids is 1. The summed E-state index contributed by atoms with van der Waals surface area (Å²) >= 11 is 4.83. The van der Waals surface area contributed by atoms with Crippen molar-refractivity contribution in [1.29, 1.82) is 5.26 Å². The molecule has 2 aromatic rings. The summed E-state index contributed by atoms with van der Waals surface area (Å²) in [5.41, 5.74) is 9.33. The van der Waals surface area contributed by atoms with E-state index >= 15 is 0 Å². The molecule has 0 aliphatic rings. The maximum Gasteiger partial charge on any atom is 0.262 e. The number of hydrogen-bond acceptors (Lipinski definition) is 5. The van der Waals surface area contributed by atoms with Gasteiger partial charge in [0.2, 0.25) is 0 Å². The summed E-state index contributed by atoms with van der Waals surface area (Å²) in [6, 6.07) is 12.7. The molecule has 0 radical (unpaired) electrons. The Bertz CT molecular complexity index is 977. The molecule has 28 heavy (non-hydrogen) atoms. The summed E-state index contributed by atoms with van der Waals surface area (Å²) < 4.78 is 10.9. The van der Waals surface area contributed by atoms with E-state index in [1.54, 1.807) is 24.3 Å². The average molecular weight is 395 g/mol. The Morgan fingerprint density at radius 2 is 1.96 bits per heavy atom. The highest BCUT2D eigenvalue weighted by atomic mass is 32.1. The molecule has 0 unspecified atom stereocenters. The number of anilines is 1. The van der Waals surface area contributed by atoms with Crippen LogP contribution < -0.4 is 20.5 Å². The lowest BCUT2D eigenvalue weighted by Gasteiger charge is -2.12. The Labute approximate surface area is 169 Å². The number of amides is 1. The Morgan fingerprint density at radius 1 is 1.21 bits per heavy atom. The largest absolute Gasteiger partial charge is 0.493 e. The highest BCUT2D eigenvalue weighted by molar-refractivity contribution is 7.80. The topological polar surface area (TPSA) is 97.4 Å². The maximum atomic E-state index is 12.2. The van der Waals surface area contributed by atoms with E-state index in [0.29, 0.717) is 22.7 Å². The van der Waals surface area contributed by atoms with Gasteiger partial charge in [-0.25, -0.2) is 0 Å². The third kappa shape index (κ3) is 5.56.